The smallest absolute Gasteiger partial charge is 0.171 e. The number of hydrogen-bond donors (Lipinski definition) is 1. The van der Waals surface area contributed by atoms with Crippen LogP contribution in [0.3, 0.4) is 0 Å². The lowest BCUT2D eigenvalue weighted by atomic mass is 10.3. The number of ether oxygens (including phenoxy) is 1. The molecule has 0 bridgehead atoms. The van der Waals surface area contributed by atoms with E-state index < -0.39 is 0 Å². The van der Waals surface area contributed by atoms with Gasteiger partial charge in [0.2, 0.25) is 0 Å². The Bertz CT molecular complexity index is 315. The van der Waals surface area contributed by atoms with Gasteiger partial charge in [-0.3, -0.25) is 0 Å². The SMILES string of the molecule is CC(C)Oc1cccnc1N(C)CCCN. The van der Waals surface area contributed by atoms with Gasteiger partial charge in [0.05, 0.1) is 6.10 Å². The first-order valence-electron chi connectivity index (χ1n) is 5.68. The van der Waals surface area contributed by atoms with Gasteiger partial charge in [-0.15, -0.1) is 0 Å². The summed E-state index contributed by atoms with van der Waals surface area (Å²) in [5.74, 6) is 1.71. The van der Waals surface area contributed by atoms with E-state index in [1.807, 2.05) is 33.0 Å². The van der Waals surface area contributed by atoms with Crippen LogP contribution in [0.2, 0.25) is 0 Å². The van der Waals surface area contributed by atoms with Gasteiger partial charge in [0, 0.05) is 19.8 Å². The van der Waals surface area contributed by atoms with E-state index in [1.165, 1.54) is 0 Å². The van der Waals surface area contributed by atoms with Crippen LogP contribution in [-0.4, -0.2) is 31.2 Å². The van der Waals surface area contributed by atoms with Crippen LogP contribution in [0, 0.1) is 0 Å². The molecule has 0 atom stereocenters. The number of nitrogens with zero attached hydrogens (tertiary/aromatic N) is 2. The van der Waals surface area contributed by atoms with Gasteiger partial charge < -0.3 is 15.4 Å². The highest BCUT2D eigenvalue weighted by Crippen LogP contribution is 2.25. The van der Waals surface area contributed by atoms with Crippen LogP contribution in [0.15, 0.2) is 18.3 Å². The Morgan fingerprint density at radius 1 is 1.50 bits per heavy atom. The van der Waals surface area contributed by atoms with E-state index in [0.717, 1.165) is 24.5 Å². The molecule has 0 aromatic carbocycles. The molecule has 0 aliphatic rings. The number of pyridine rings is 1. The van der Waals surface area contributed by atoms with E-state index in [0.29, 0.717) is 6.54 Å². The fraction of sp³-hybridized carbons (Fsp3) is 0.583. The predicted molar refractivity (Wildman–Crippen MR) is 66.9 cm³/mol. The highest BCUT2D eigenvalue weighted by Gasteiger charge is 2.10. The zero-order valence-electron chi connectivity index (χ0n) is 10.3. The minimum absolute atomic E-state index is 0.158. The maximum Gasteiger partial charge on any atom is 0.171 e. The first kappa shape index (κ1) is 12.8. The Morgan fingerprint density at radius 3 is 2.88 bits per heavy atom. The Hall–Kier alpha value is -1.29. The highest BCUT2D eigenvalue weighted by molar-refractivity contribution is 5.51. The van der Waals surface area contributed by atoms with Crippen LogP contribution in [-0.2, 0) is 0 Å². The molecule has 90 valence electrons. The van der Waals surface area contributed by atoms with E-state index in [9.17, 15) is 0 Å². The summed E-state index contributed by atoms with van der Waals surface area (Å²) >= 11 is 0. The van der Waals surface area contributed by atoms with Crippen molar-refractivity contribution in [3.8, 4) is 5.75 Å². The van der Waals surface area contributed by atoms with E-state index >= 15 is 0 Å². The topological polar surface area (TPSA) is 51.4 Å². The maximum atomic E-state index is 5.71. The molecule has 0 unspecified atom stereocenters. The standard InChI is InChI=1S/C12H21N3O/c1-10(2)16-11-6-4-8-14-12(11)15(3)9-5-7-13/h4,6,8,10H,5,7,9,13H2,1-3H3. The van der Waals surface area contributed by atoms with Gasteiger partial charge in [0.1, 0.15) is 0 Å². The van der Waals surface area contributed by atoms with Crippen LogP contribution in [0.25, 0.3) is 0 Å². The molecule has 0 saturated heterocycles. The molecular weight excluding hydrogens is 202 g/mol. The van der Waals surface area contributed by atoms with E-state index in [2.05, 4.69) is 9.88 Å². The van der Waals surface area contributed by atoms with E-state index in [-0.39, 0.29) is 6.10 Å². The minimum Gasteiger partial charge on any atom is -0.487 e. The molecule has 0 aliphatic carbocycles. The van der Waals surface area contributed by atoms with Crippen molar-refractivity contribution >= 4 is 5.82 Å². The minimum atomic E-state index is 0.158. The summed E-state index contributed by atoms with van der Waals surface area (Å²) in [6.45, 7) is 5.60. The van der Waals surface area contributed by atoms with Crippen LogP contribution >= 0.6 is 0 Å². The highest BCUT2D eigenvalue weighted by atomic mass is 16.5. The normalized spacial score (nSPS) is 10.6. The molecule has 0 amide bonds. The molecule has 2 N–H and O–H groups in total. The molecule has 1 heterocycles. The van der Waals surface area contributed by atoms with Crippen molar-refractivity contribution in [2.75, 3.05) is 25.0 Å². The molecule has 4 heteroatoms. The molecule has 1 aromatic rings. The maximum absolute atomic E-state index is 5.71. The largest absolute Gasteiger partial charge is 0.487 e. The van der Waals surface area contributed by atoms with Crippen molar-refractivity contribution in [2.24, 2.45) is 5.73 Å². The van der Waals surface area contributed by atoms with Crippen LogP contribution in [0.4, 0.5) is 5.82 Å². The Labute approximate surface area is 97.4 Å². The van der Waals surface area contributed by atoms with Gasteiger partial charge in [-0.1, -0.05) is 0 Å². The van der Waals surface area contributed by atoms with Gasteiger partial charge >= 0.3 is 0 Å². The molecule has 0 fully saturated rings. The lowest BCUT2D eigenvalue weighted by Crippen LogP contribution is -2.23. The van der Waals surface area contributed by atoms with Gasteiger partial charge in [0.25, 0.3) is 0 Å². The molecule has 1 rings (SSSR count). The molecule has 16 heavy (non-hydrogen) atoms. The average molecular weight is 223 g/mol. The Morgan fingerprint density at radius 2 is 2.25 bits per heavy atom. The molecule has 0 radical (unpaired) electrons. The second kappa shape index (κ2) is 6.33. The molecule has 4 nitrogen and oxygen atoms in total. The van der Waals surface area contributed by atoms with Gasteiger partial charge in [0.15, 0.2) is 11.6 Å². The number of rotatable bonds is 6. The molecule has 0 spiro atoms. The summed E-state index contributed by atoms with van der Waals surface area (Å²) < 4.78 is 5.71. The van der Waals surface area contributed by atoms with Gasteiger partial charge in [-0.25, -0.2) is 4.98 Å². The van der Waals surface area contributed by atoms with Crippen molar-refractivity contribution in [3.05, 3.63) is 18.3 Å². The fourth-order valence-electron chi connectivity index (χ4n) is 1.45. The molecule has 1 aromatic heterocycles. The first-order chi connectivity index (χ1) is 7.65. The summed E-state index contributed by atoms with van der Waals surface area (Å²) in [6, 6.07) is 3.83. The monoisotopic (exact) mass is 223 g/mol. The average Bonchev–Trinajstić information content (AvgIpc) is 2.26. The van der Waals surface area contributed by atoms with Crippen molar-refractivity contribution in [1.82, 2.24) is 4.98 Å². The number of aromatic nitrogens is 1. The summed E-state index contributed by atoms with van der Waals surface area (Å²) in [4.78, 5) is 6.42. The third-order valence-electron chi connectivity index (χ3n) is 2.17. The Balaban J connectivity index is 2.76. The van der Waals surface area contributed by atoms with Crippen LogP contribution in [0.1, 0.15) is 20.3 Å². The summed E-state index contributed by atoms with van der Waals surface area (Å²) in [7, 11) is 2.01. The van der Waals surface area contributed by atoms with Crippen molar-refractivity contribution in [3.63, 3.8) is 0 Å². The summed E-state index contributed by atoms with van der Waals surface area (Å²) in [5, 5.41) is 0. The quantitative estimate of drug-likeness (QED) is 0.796. The zero-order valence-corrected chi connectivity index (χ0v) is 10.3. The van der Waals surface area contributed by atoms with Gasteiger partial charge in [-0.05, 0) is 38.9 Å². The van der Waals surface area contributed by atoms with Crippen molar-refractivity contribution in [1.29, 1.82) is 0 Å². The van der Waals surface area contributed by atoms with Crippen molar-refractivity contribution < 1.29 is 4.74 Å². The van der Waals surface area contributed by atoms with Crippen LogP contribution in [0.5, 0.6) is 5.75 Å². The zero-order chi connectivity index (χ0) is 12.0. The predicted octanol–water partition coefficient (Wildman–Crippen LogP) is 1.65. The third-order valence-corrected chi connectivity index (χ3v) is 2.17. The van der Waals surface area contributed by atoms with Crippen LogP contribution < -0.4 is 15.4 Å². The molecule has 0 aliphatic heterocycles. The fourth-order valence-corrected chi connectivity index (χ4v) is 1.45. The second-order valence-electron chi connectivity index (χ2n) is 4.06. The lowest BCUT2D eigenvalue weighted by Gasteiger charge is -2.21. The second-order valence-corrected chi connectivity index (χ2v) is 4.06. The van der Waals surface area contributed by atoms with E-state index in [4.69, 9.17) is 10.5 Å². The Kier molecular flexibility index (Phi) is 5.05. The van der Waals surface area contributed by atoms with Crippen molar-refractivity contribution in [2.45, 2.75) is 26.4 Å². The number of hydrogen-bond acceptors (Lipinski definition) is 4. The third kappa shape index (κ3) is 3.70. The first-order valence-corrected chi connectivity index (χ1v) is 5.68. The molecule has 0 saturated carbocycles. The summed E-state index contributed by atoms with van der Waals surface area (Å²) in [6.07, 6.45) is 2.89. The lowest BCUT2D eigenvalue weighted by molar-refractivity contribution is 0.242. The number of anilines is 1. The number of nitrogens with two attached hydrogens (primary N) is 1. The van der Waals surface area contributed by atoms with E-state index in [1.54, 1.807) is 6.20 Å². The molecular formula is C12H21N3O. The summed E-state index contributed by atoms with van der Waals surface area (Å²) in [5.41, 5.74) is 5.50. The van der Waals surface area contributed by atoms with Gasteiger partial charge in [-0.2, -0.15) is 0 Å².